The molecular weight excluding hydrogens is 343 g/mol. The minimum atomic E-state index is -0.601. The third-order valence-electron chi connectivity index (χ3n) is 4.30. The molecule has 0 aliphatic carbocycles. The number of aliphatic hydroxyl groups is 1. The first-order valence-corrected chi connectivity index (χ1v) is 8.78. The number of para-hydroxylation sites is 2. The molecular formula is C19H22ClFN2O2. The molecule has 2 aromatic carbocycles. The quantitative estimate of drug-likeness (QED) is 0.854. The van der Waals surface area contributed by atoms with Crippen LogP contribution in [0.2, 0.25) is 5.02 Å². The molecule has 0 radical (unpaired) electrons. The Bertz CT molecular complexity index is 693. The molecule has 6 heteroatoms. The minimum absolute atomic E-state index is 0.191. The average Bonchev–Trinajstić information content (AvgIpc) is 2.62. The second kappa shape index (κ2) is 8.52. The van der Waals surface area contributed by atoms with Crippen molar-refractivity contribution in [3.05, 3.63) is 59.4 Å². The second-order valence-electron chi connectivity index (χ2n) is 6.13. The molecule has 2 aromatic rings. The molecule has 4 nitrogen and oxygen atoms in total. The Morgan fingerprint density at radius 1 is 1.04 bits per heavy atom. The number of nitrogens with zero attached hydrogens (tertiary/aromatic N) is 2. The minimum Gasteiger partial charge on any atom is -0.489 e. The summed E-state index contributed by atoms with van der Waals surface area (Å²) < 4.78 is 19.4. The fraction of sp³-hybridized carbons (Fsp3) is 0.368. The van der Waals surface area contributed by atoms with Crippen LogP contribution in [0.15, 0.2) is 48.5 Å². The van der Waals surface area contributed by atoms with Gasteiger partial charge < -0.3 is 14.7 Å². The van der Waals surface area contributed by atoms with Crippen LogP contribution in [0.25, 0.3) is 0 Å². The fourth-order valence-electron chi connectivity index (χ4n) is 2.98. The van der Waals surface area contributed by atoms with E-state index in [1.807, 2.05) is 23.1 Å². The summed E-state index contributed by atoms with van der Waals surface area (Å²) >= 11 is 6.03. The number of piperazine rings is 1. The van der Waals surface area contributed by atoms with Crippen LogP contribution in [-0.2, 0) is 0 Å². The van der Waals surface area contributed by atoms with E-state index < -0.39 is 6.10 Å². The van der Waals surface area contributed by atoms with Crippen molar-refractivity contribution in [1.29, 1.82) is 0 Å². The zero-order valence-electron chi connectivity index (χ0n) is 13.9. The van der Waals surface area contributed by atoms with Gasteiger partial charge in [-0.25, -0.2) is 4.39 Å². The van der Waals surface area contributed by atoms with Gasteiger partial charge in [-0.15, -0.1) is 0 Å². The van der Waals surface area contributed by atoms with Gasteiger partial charge in [0.15, 0.2) is 0 Å². The summed E-state index contributed by atoms with van der Waals surface area (Å²) in [5.41, 5.74) is 0.643. The van der Waals surface area contributed by atoms with Crippen LogP contribution in [0.3, 0.4) is 0 Å². The van der Waals surface area contributed by atoms with Crippen molar-refractivity contribution in [2.45, 2.75) is 6.10 Å². The zero-order valence-corrected chi connectivity index (χ0v) is 14.7. The van der Waals surface area contributed by atoms with Crippen molar-refractivity contribution < 1.29 is 14.2 Å². The number of β-amino-alcohol motifs (C(OH)–C–C–N with tert-alkyl or cyclic N) is 1. The SMILES string of the molecule is O[C@H](COc1ccccc1Cl)CN1CCN(c2ccccc2F)CC1. The third kappa shape index (κ3) is 4.84. The highest BCUT2D eigenvalue weighted by Gasteiger charge is 2.21. The Morgan fingerprint density at radius 3 is 2.44 bits per heavy atom. The first-order chi connectivity index (χ1) is 12.1. The van der Waals surface area contributed by atoms with E-state index in [0.29, 0.717) is 23.0 Å². The van der Waals surface area contributed by atoms with Gasteiger partial charge in [0, 0.05) is 32.7 Å². The molecule has 0 bridgehead atoms. The predicted molar refractivity (Wildman–Crippen MR) is 98.0 cm³/mol. The summed E-state index contributed by atoms with van der Waals surface area (Å²) in [7, 11) is 0. The number of hydrogen-bond acceptors (Lipinski definition) is 4. The Balaban J connectivity index is 1.44. The van der Waals surface area contributed by atoms with Crippen molar-refractivity contribution in [3.8, 4) is 5.75 Å². The summed E-state index contributed by atoms with van der Waals surface area (Å²) in [5.74, 6) is 0.386. The van der Waals surface area contributed by atoms with Gasteiger partial charge in [0.05, 0.1) is 10.7 Å². The van der Waals surface area contributed by atoms with Crippen LogP contribution >= 0.6 is 11.6 Å². The van der Waals surface area contributed by atoms with Gasteiger partial charge >= 0.3 is 0 Å². The summed E-state index contributed by atoms with van der Waals surface area (Å²) in [4.78, 5) is 4.20. The topological polar surface area (TPSA) is 35.9 Å². The maximum Gasteiger partial charge on any atom is 0.146 e. The average molecular weight is 365 g/mol. The normalized spacial score (nSPS) is 16.7. The maximum atomic E-state index is 13.9. The highest BCUT2D eigenvalue weighted by atomic mass is 35.5. The molecule has 0 unspecified atom stereocenters. The predicted octanol–water partition coefficient (Wildman–Crippen LogP) is 3.04. The van der Waals surface area contributed by atoms with Crippen molar-refractivity contribution in [2.24, 2.45) is 0 Å². The Hall–Kier alpha value is -1.82. The summed E-state index contributed by atoms with van der Waals surface area (Å²) in [6.07, 6.45) is -0.601. The van der Waals surface area contributed by atoms with Crippen LogP contribution in [-0.4, -0.2) is 55.4 Å². The number of anilines is 1. The van der Waals surface area contributed by atoms with Crippen LogP contribution in [0.4, 0.5) is 10.1 Å². The van der Waals surface area contributed by atoms with E-state index in [-0.39, 0.29) is 12.4 Å². The lowest BCUT2D eigenvalue weighted by atomic mass is 10.2. The summed E-state index contributed by atoms with van der Waals surface area (Å²) in [6, 6.07) is 14.0. The number of halogens is 2. The van der Waals surface area contributed by atoms with E-state index >= 15 is 0 Å². The Labute approximate surface area is 152 Å². The first kappa shape index (κ1) is 18.0. The number of hydrogen-bond donors (Lipinski definition) is 1. The van der Waals surface area contributed by atoms with Crippen molar-refractivity contribution in [3.63, 3.8) is 0 Å². The van der Waals surface area contributed by atoms with Gasteiger partial charge in [-0.1, -0.05) is 35.9 Å². The van der Waals surface area contributed by atoms with E-state index in [1.165, 1.54) is 6.07 Å². The van der Waals surface area contributed by atoms with Crippen LogP contribution in [0, 0.1) is 5.82 Å². The molecule has 1 saturated heterocycles. The lowest BCUT2D eigenvalue weighted by Crippen LogP contribution is -2.49. The molecule has 3 rings (SSSR count). The lowest BCUT2D eigenvalue weighted by molar-refractivity contribution is 0.0663. The van der Waals surface area contributed by atoms with Crippen molar-refractivity contribution >= 4 is 17.3 Å². The highest BCUT2D eigenvalue weighted by Crippen LogP contribution is 2.23. The summed E-state index contributed by atoms with van der Waals surface area (Å²) in [6.45, 7) is 3.74. The zero-order chi connectivity index (χ0) is 17.6. The monoisotopic (exact) mass is 364 g/mol. The molecule has 25 heavy (non-hydrogen) atoms. The molecule has 0 amide bonds. The van der Waals surface area contributed by atoms with Gasteiger partial charge in [0.1, 0.15) is 24.3 Å². The Kier molecular flexibility index (Phi) is 6.13. The molecule has 1 aliphatic rings. The van der Waals surface area contributed by atoms with Crippen LogP contribution in [0.1, 0.15) is 0 Å². The molecule has 0 spiro atoms. The fourth-order valence-corrected chi connectivity index (χ4v) is 3.17. The molecule has 0 aromatic heterocycles. The molecule has 1 fully saturated rings. The van der Waals surface area contributed by atoms with Gasteiger partial charge in [0.25, 0.3) is 0 Å². The number of aliphatic hydroxyl groups excluding tert-OH is 1. The second-order valence-corrected chi connectivity index (χ2v) is 6.54. The highest BCUT2D eigenvalue weighted by molar-refractivity contribution is 6.32. The smallest absolute Gasteiger partial charge is 0.146 e. The molecule has 0 saturated carbocycles. The van der Waals surface area contributed by atoms with E-state index in [4.69, 9.17) is 16.3 Å². The van der Waals surface area contributed by atoms with Gasteiger partial charge in [-0.05, 0) is 24.3 Å². The Morgan fingerprint density at radius 2 is 1.72 bits per heavy atom. The van der Waals surface area contributed by atoms with Crippen molar-refractivity contribution in [2.75, 3.05) is 44.2 Å². The molecule has 1 atom stereocenters. The molecule has 134 valence electrons. The standard InChI is InChI=1S/C19H22ClFN2O2/c20-16-5-1-4-8-19(16)25-14-15(24)13-22-9-11-23(12-10-22)18-7-3-2-6-17(18)21/h1-8,15,24H,9-14H2/t15-/m0/s1. The van der Waals surface area contributed by atoms with E-state index in [1.54, 1.807) is 24.3 Å². The number of benzene rings is 2. The largest absolute Gasteiger partial charge is 0.489 e. The lowest BCUT2D eigenvalue weighted by Gasteiger charge is -2.36. The summed E-state index contributed by atoms with van der Waals surface area (Å²) in [5, 5.41) is 10.7. The number of ether oxygens (including phenoxy) is 1. The molecule has 1 N–H and O–H groups in total. The van der Waals surface area contributed by atoms with Gasteiger partial charge in [-0.2, -0.15) is 0 Å². The van der Waals surface area contributed by atoms with Crippen LogP contribution < -0.4 is 9.64 Å². The van der Waals surface area contributed by atoms with Crippen LogP contribution in [0.5, 0.6) is 5.75 Å². The number of rotatable bonds is 6. The van der Waals surface area contributed by atoms with E-state index in [2.05, 4.69) is 4.90 Å². The molecule has 1 aliphatic heterocycles. The molecule has 1 heterocycles. The third-order valence-corrected chi connectivity index (χ3v) is 4.61. The first-order valence-electron chi connectivity index (χ1n) is 8.40. The van der Waals surface area contributed by atoms with Crippen molar-refractivity contribution in [1.82, 2.24) is 4.90 Å². The van der Waals surface area contributed by atoms with Gasteiger partial charge in [-0.3, -0.25) is 4.90 Å². The van der Waals surface area contributed by atoms with E-state index in [0.717, 1.165) is 26.2 Å². The van der Waals surface area contributed by atoms with Gasteiger partial charge in [0.2, 0.25) is 0 Å². The maximum absolute atomic E-state index is 13.9. The van der Waals surface area contributed by atoms with E-state index in [9.17, 15) is 9.50 Å².